The van der Waals surface area contributed by atoms with Crippen molar-refractivity contribution in [3.63, 3.8) is 0 Å². The molecule has 2 aromatic carbocycles. The van der Waals surface area contributed by atoms with E-state index >= 15 is 0 Å². The Morgan fingerprint density at radius 3 is 2.50 bits per heavy atom. The van der Waals surface area contributed by atoms with E-state index in [4.69, 9.17) is 10.5 Å². The monoisotopic (exact) mass is 405 g/mol. The number of nitrogens with two attached hydrogens (primary N) is 1. The van der Waals surface area contributed by atoms with E-state index in [-0.39, 0.29) is 17.3 Å². The van der Waals surface area contributed by atoms with Gasteiger partial charge in [0, 0.05) is 29.8 Å². The number of nitriles is 1. The highest BCUT2D eigenvalue weighted by Crippen LogP contribution is 2.44. The Bertz CT molecular complexity index is 1130. The predicted octanol–water partition coefficient (Wildman–Crippen LogP) is 4.45. The molecule has 0 radical (unpaired) electrons. The number of allylic oxidation sites excluding steroid dienone is 1. The van der Waals surface area contributed by atoms with Gasteiger partial charge in [0.15, 0.2) is 0 Å². The molecule has 4 nitrogen and oxygen atoms in total. The lowest BCUT2D eigenvalue weighted by Crippen LogP contribution is -2.38. The molecule has 2 aromatic rings. The Morgan fingerprint density at radius 2 is 1.83 bits per heavy atom. The maximum Gasteiger partial charge on any atom is 0.205 e. The van der Waals surface area contributed by atoms with E-state index in [2.05, 4.69) is 11.0 Å². The molecule has 0 fully saturated rings. The summed E-state index contributed by atoms with van der Waals surface area (Å²) < 4.78 is 34.9. The number of benzene rings is 2. The number of hydrogen-bond donors (Lipinski definition) is 1. The van der Waals surface area contributed by atoms with Gasteiger partial charge in [-0.05, 0) is 30.3 Å². The molecular weight excluding hydrogens is 384 g/mol. The Labute approximate surface area is 174 Å². The second-order valence-electron chi connectivity index (χ2n) is 7.30. The first kappa shape index (κ1) is 19.9. The molecular formula is C24H21F2N3O. The minimum Gasteiger partial charge on any atom is -0.440 e. The zero-order chi connectivity index (χ0) is 21.3. The van der Waals surface area contributed by atoms with Crippen molar-refractivity contribution in [3.8, 4) is 6.07 Å². The van der Waals surface area contributed by atoms with Gasteiger partial charge >= 0.3 is 0 Å². The maximum atomic E-state index is 14.7. The fourth-order valence-electron chi connectivity index (χ4n) is 4.01. The molecule has 2 N–H and O–H groups in total. The highest BCUT2D eigenvalue weighted by atomic mass is 19.1. The Balaban J connectivity index is 1.92. The van der Waals surface area contributed by atoms with Crippen LogP contribution >= 0.6 is 0 Å². The van der Waals surface area contributed by atoms with Gasteiger partial charge in [-0.15, -0.1) is 0 Å². The molecule has 30 heavy (non-hydrogen) atoms. The standard InChI is InChI=1S/C24H21F2N3O/c1-2-29-13-16(11-15-7-3-5-9-20(15)25)23-19(14-29)22(18(12-27)24(28)30-23)17-8-4-6-10-21(17)26/h3-11,22H,2,13-14,28H2,1H3/b16-11+/t22-/m0/s1. The van der Waals surface area contributed by atoms with Crippen LogP contribution in [-0.2, 0) is 4.74 Å². The summed E-state index contributed by atoms with van der Waals surface area (Å²) in [5.41, 5.74) is 8.56. The Kier molecular flexibility index (Phi) is 5.39. The van der Waals surface area contributed by atoms with Crippen LogP contribution in [-0.4, -0.2) is 24.5 Å². The van der Waals surface area contributed by atoms with Crippen LogP contribution in [0.5, 0.6) is 0 Å². The van der Waals surface area contributed by atoms with Crippen LogP contribution in [0.1, 0.15) is 24.0 Å². The third-order valence-electron chi connectivity index (χ3n) is 5.50. The normalized spacial score (nSPS) is 20.7. The van der Waals surface area contributed by atoms with Gasteiger partial charge < -0.3 is 10.5 Å². The van der Waals surface area contributed by atoms with Gasteiger partial charge in [0.2, 0.25) is 5.88 Å². The van der Waals surface area contributed by atoms with Crippen molar-refractivity contribution in [1.29, 1.82) is 5.26 Å². The fourth-order valence-corrected chi connectivity index (χ4v) is 4.01. The fraction of sp³-hybridized carbons (Fsp3) is 0.208. The highest BCUT2D eigenvalue weighted by Gasteiger charge is 2.38. The second-order valence-corrected chi connectivity index (χ2v) is 7.30. The molecule has 1 atom stereocenters. The van der Waals surface area contributed by atoms with Crippen LogP contribution in [0.4, 0.5) is 8.78 Å². The summed E-state index contributed by atoms with van der Waals surface area (Å²) in [5.74, 6) is -0.964. The van der Waals surface area contributed by atoms with E-state index in [1.165, 1.54) is 12.1 Å². The van der Waals surface area contributed by atoms with E-state index < -0.39 is 11.7 Å². The summed E-state index contributed by atoms with van der Waals surface area (Å²) in [6.45, 7) is 3.78. The zero-order valence-corrected chi connectivity index (χ0v) is 16.5. The van der Waals surface area contributed by atoms with E-state index in [9.17, 15) is 14.0 Å². The molecule has 2 aliphatic rings. The first-order valence-electron chi connectivity index (χ1n) is 9.76. The molecule has 6 heteroatoms. The van der Waals surface area contributed by atoms with Crippen LogP contribution < -0.4 is 5.73 Å². The number of nitrogens with zero attached hydrogens (tertiary/aromatic N) is 2. The second kappa shape index (κ2) is 8.13. The zero-order valence-electron chi connectivity index (χ0n) is 16.5. The van der Waals surface area contributed by atoms with Crippen molar-refractivity contribution in [2.24, 2.45) is 5.73 Å². The minimum absolute atomic E-state index is 0.0473. The number of rotatable bonds is 3. The molecule has 0 spiro atoms. The molecule has 2 aliphatic heterocycles. The van der Waals surface area contributed by atoms with Crippen molar-refractivity contribution in [2.75, 3.05) is 19.6 Å². The van der Waals surface area contributed by atoms with Crippen molar-refractivity contribution in [2.45, 2.75) is 12.8 Å². The largest absolute Gasteiger partial charge is 0.440 e. The number of ether oxygens (including phenoxy) is 1. The number of halogens is 2. The summed E-state index contributed by atoms with van der Waals surface area (Å²) in [6.07, 6.45) is 1.73. The summed E-state index contributed by atoms with van der Waals surface area (Å²) >= 11 is 0. The minimum atomic E-state index is -0.654. The Morgan fingerprint density at radius 1 is 1.13 bits per heavy atom. The molecule has 0 unspecified atom stereocenters. The Hall–Kier alpha value is -3.43. The van der Waals surface area contributed by atoms with E-state index in [1.54, 1.807) is 42.5 Å². The molecule has 0 bridgehead atoms. The van der Waals surface area contributed by atoms with E-state index in [0.29, 0.717) is 30.0 Å². The lowest BCUT2D eigenvalue weighted by atomic mass is 9.80. The molecule has 152 valence electrons. The average Bonchev–Trinajstić information content (AvgIpc) is 2.75. The van der Waals surface area contributed by atoms with Gasteiger partial charge in [-0.25, -0.2) is 8.78 Å². The quantitative estimate of drug-likeness (QED) is 0.820. The molecule has 0 saturated heterocycles. The molecule has 4 rings (SSSR count). The lowest BCUT2D eigenvalue weighted by molar-refractivity contribution is 0.238. The first-order valence-corrected chi connectivity index (χ1v) is 9.76. The number of likely N-dealkylation sites (N-methyl/N-ethyl adjacent to an activating group) is 1. The predicted molar refractivity (Wildman–Crippen MR) is 111 cm³/mol. The van der Waals surface area contributed by atoms with E-state index in [0.717, 1.165) is 17.7 Å². The lowest BCUT2D eigenvalue weighted by Gasteiger charge is -2.38. The maximum absolute atomic E-state index is 14.7. The average molecular weight is 405 g/mol. The molecule has 0 amide bonds. The van der Waals surface area contributed by atoms with Crippen LogP contribution in [0.2, 0.25) is 0 Å². The summed E-state index contributed by atoms with van der Waals surface area (Å²) in [7, 11) is 0. The van der Waals surface area contributed by atoms with E-state index in [1.807, 2.05) is 6.92 Å². The van der Waals surface area contributed by atoms with Gasteiger partial charge in [0.1, 0.15) is 29.0 Å². The van der Waals surface area contributed by atoms with Gasteiger partial charge in [0.25, 0.3) is 0 Å². The van der Waals surface area contributed by atoms with Gasteiger partial charge in [0.05, 0.1) is 5.92 Å². The highest BCUT2D eigenvalue weighted by molar-refractivity contribution is 5.63. The summed E-state index contributed by atoms with van der Waals surface area (Å²) in [4.78, 5) is 2.14. The SMILES string of the molecule is CCN1CC2=C(OC(N)=C(C#N)[C@@H]2c2ccccc2F)/C(=C/c2ccccc2F)C1. The van der Waals surface area contributed by atoms with Crippen molar-refractivity contribution < 1.29 is 13.5 Å². The molecule has 0 aliphatic carbocycles. The number of hydrogen-bond acceptors (Lipinski definition) is 4. The molecule has 0 aromatic heterocycles. The summed E-state index contributed by atoms with van der Waals surface area (Å²) in [6, 6.07) is 14.9. The van der Waals surface area contributed by atoms with Crippen LogP contribution in [0.25, 0.3) is 6.08 Å². The van der Waals surface area contributed by atoms with Crippen LogP contribution in [0.15, 0.2) is 76.9 Å². The van der Waals surface area contributed by atoms with Crippen molar-refractivity contribution in [3.05, 3.63) is 99.7 Å². The smallest absolute Gasteiger partial charge is 0.205 e. The summed E-state index contributed by atoms with van der Waals surface area (Å²) in [5, 5.41) is 9.74. The van der Waals surface area contributed by atoms with Gasteiger partial charge in [-0.1, -0.05) is 43.3 Å². The van der Waals surface area contributed by atoms with Crippen LogP contribution in [0.3, 0.4) is 0 Å². The third kappa shape index (κ3) is 3.49. The van der Waals surface area contributed by atoms with Gasteiger partial charge in [-0.3, -0.25) is 4.90 Å². The van der Waals surface area contributed by atoms with Crippen LogP contribution in [0, 0.1) is 23.0 Å². The third-order valence-corrected chi connectivity index (χ3v) is 5.50. The molecule has 0 saturated carbocycles. The van der Waals surface area contributed by atoms with Crippen molar-refractivity contribution >= 4 is 6.08 Å². The topological polar surface area (TPSA) is 62.3 Å². The van der Waals surface area contributed by atoms with Crippen molar-refractivity contribution in [1.82, 2.24) is 4.90 Å². The first-order chi connectivity index (χ1) is 14.5. The van der Waals surface area contributed by atoms with Gasteiger partial charge in [-0.2, -0.15) is 5.26 Å². The molecule has 2 heterocycles.